The number of carbonyl (C=O) groups is 1. The topological polar surface area (TPSA) is 35.5 Å². The van der Waals surface area contributed by atoms with Gasteiger partial charge in [0.2, 0.25) is 0 Å². The largest absolute Gasteiger partial charge is 0.469 e. The molecule has 2 fully saturated rings. The number of hydrogen-bond acceptors (Lipinski definition) is 3. The van der Waals surface area contributed by atoms with Crippen LogP contribution in [0.4, 0.5) is 0 Å². The molecule has 0 radical (unpaired) electrons. The third-order valence-electron chi connectivity index (χ3n) is 3.32. The van der Waals surface area contributed by atoms with Gasteiger partial charge in [0.25, 0.3) is 0 Å². The highest BCUT2D eigenvalue weighted by Crippen LogP contribution is 2.62. The zero-order valence-electron chi connectivity index (χ0n) is 7.55. The quantitative estimate of drug-likeness (QED) is 0.579. The number of rotatable bonds is 2. The van der Waals surface area contributed by atoms with E-state index >= 15 is 0 Å². The van der Waals surface area contributed by atoms with Crippen LogP contribution in [0.2, 0.25) is 0 Å². The highest BCUT2D eigenvalue weighted by molar-refractivity contribution is 5.81. The highest BCUT2D eigenvalue weighted by atomic mass is 16.5. The van der Waals surface area contributed by atoms with Crippen LogP contribution in [0.25, 0.3) is 0 Å². The van der Waals surface area contributed by atoms with Crippen LogP contribution in [-0.2, 0) is 14.3 Å². The van der Waals surface area contributed by atoms with Crippen LogP contribution in [-0.4, -0.2) is 26.3 Å². The molecule has 68 valence electrons. The molecule has 2 aliphatic rings. The van der Waals surface area contributed by atoms with Crippen molar-refractivity contribution < 1.29 is 14.3 Å². The first-order valence-electron chi connectivity index (χ1n) is 4.31. The van der Waals surface area contributed by atoms with Gasteiger partial charge in [-0.05, 0) is 12.8 Å². The van der Waals surface area contributed by atoms with Gasteiger partial charge in [0.15, 0.2) is 0 Å². The van der Waals surface area contributed by atoms with Crippen molar-refractivity contribution in [2.75, 3.05) is 20.3 Å². The second-order valence-corrected chi connectivity index (χ2v) is 4.13. The molecular formula is C9H14O3. The third kappa shape index (κ3) is 0.774. The molecule has 0 amide bonds. The van der Waals surface area contributed by atoms with Crippen molar-refractivity contribution in [3.05, 3.63) is 0 Å². The zero-order valence-corrected chi connectivity index (χ0v) is 7.55. The van der Waals surface area contributed by atoms with E-state index < -0.39 is 0 Å². The lowest BCUT2D eigenvalue weighted by molar-refractivity contribution is -0.179. The Kier molecular flexibility index (Phi) is 1.49. The standard InChI is InChI=1S/C9H14O3/c1-8(5-12-6-8)9(3-4-9)7(10)11-2/h3-6H2,1-2H3. The normalized spacial score (nSPS) is 28.8. The van der Waals surface area contributed by atoms with Crippen LogP contribution in [0, 0.1) is 10.8 Å². The summed E-state index contributed by atoms with van der Waals surface area (Å²) in [6, 6.07) is 0. The highest BCUT2D eigenvalue weighted by Gasteiger charge is 2.65. The van der Waals surface area contributed by atoms with Gasteiger partial charge in [-0.3, -0.25) is 4.79 Å². The fourth-order valence-electron chi connectivity index (χ4n) is 2.06. The fraction of sp³-hybridized carbons (Fsp3) is 0.889. The lowest BCUT2D eigenvalue weighted by atomic mass is 9.72. The third-order valence-corrected chi connectivity index (χ3v) is 3.32. The molecular weight excluding hydrogens is 156 g/mol. The first kappa shape index (κ1) is 8.05. The monoisotopic (exact) mass is 170 g/mol. The van der Waals surface area contributed by atoms with Crippen molar-refractivity contribution in [2.24, 2.45) is 10.8 Å². The van der Waals surface area contributed by atoms with E-state index in [-0.39, 0.29) is 16.8 Å². The molecule has 2 rings (SSSR count). The van der Waals surface area contributed by atoms with Gasteiger partial charge in [-0.1, -0.05) is 6.92 Å². The van der Waals surface area contributed by atoms with Crippen molar-refractivity contribution in [1.82, 2.24) is 0 Å². The molecule has 0 N–H and O–H groups in total. The Hall–Kier alpha value is -0.570. The van der Waals surface area contributed by atoms with Gasteiger partial charge in [0.1, 0.15) is 0 Å². The molecule has 1 aliphatic carbocycles. The Labute approximate surface area is 72.0 Å². The minimum Gasteiger partial charge on any atom is -0.469 e. The molecule has 0 bridgehead atoms. The van der Waals surface area contributed by atoms with Crippen molar-refractivity contribution in [1.29, 1.82) is 0 Å². The lowest BCUT2D eigenvalue weighted by Gasteiger charge is -2.43. The maximum Gasteiger partial charge on any atom is 0.312 e. The van der Waals surface area contributed by atoms with Gasteiger partial charge in [0, 0.05) is 5.41 Å². The molecule has 0 aromatic rings. The molecule has 12 heavy (non-hydrogen) atoms. The van der Waals surface area contributed by atoms with Gasteiger partial charge >= 0.3 is 5.97 Å². The molecule has 1 aliphatic heterocycles. The second kappa shape index (κ2) is 2.22. The smallest absolute Gasteiger partial charge is 0.312 e. The van der Waals surface area contributed by atoms with E-state index in [2.05, 4.69) is 6.92 Å². The van der Waals surface area contributed by atoms with Crippen LogP contribution in [0.3, 0.4) is 0 Å². The van der Waals surface area contributed by atoms with E-state index in [9.17, 15) is 4.79 Å². The molecule has 1 saturated heterocycles. The van der Waals surface area contributed by atoms with Crippen LogP contribution in [0.5, 0.6) is 0 Å². The van der Waals surface area contributed by atoms with E-state index in [1.807, 2.05) is 0 Å². The summed E-state index contributed by atoms with van der Waals surface area (Å²) in [7, 11) is 1.46. The van der Waals surface area contributed by atoms with E-state index in [1.165, 1.54) is 7.11 Å². The first-order valence-corrected chi connectivity index (χ1v) is 4.31. The number of esters is 1. The van der Waals surface area contributed by atoms with Gasteiger partial charge in [0.05, 0.1) is 25.7 Å². The minimum atomic E-state index is -0.194. The van der Waals surface area contributed by atoms with Gasteiger partial charge in [-0.2, -0.15) is 0 Å². The molecule has 1 saturated carbocycles. The first-order chi connectivity index (χ1) is 5.65. The van der Waals surface area contributed by atoms with Crippen LogP contribution < -0.4 is 0 Å². The Bertz CT molecular complexity index is 214. The van der Waals surface area contributed by atoms with E-state index in [0.29, 0.717) is 13.2 Å². The predicted octanol–water partition coefficient (Wildman–Crippen LogP) is 0.976. The number of ether oxygens (including phenoxy) is 2. The van der Waals surface area contributed by atoms with Crippen LogP contribution >= 0.6 is 0 Å². The Balaban J connectivity index is 2.15. The SMILES string of the molecule is COC(=O)C1(C2(C)COC2)CC1. The van der Waals surface area contributed by atoms with Gasteiger partial charge in [-0.25, -0.2) is 0 Å². The molecule has 1 heterocycles. The van der Waals surface area contributed by atoms with E-state index in [4.69, 9.17) is 9.47 Å². The molecule has 3 heteroatoms. The molecule has 0 spiro atoms. The molecule has 3 nitrogen and oxygen atoms in total. The van der Waals surface area contributed by atoms with E-state index in [0.717, 1.165) is 12.8 Å². The Morgan fingerprint density at radius 2 is 2.00 bits per heavy atom. The van der Waals surface area contributed by atoms with E-state index in [1.54, 1.807) is 0 Å². The molecule has 0 atom stereocenters. The average Bonchev–Trinajstić information content (AvgIpc) is 2.79. The number of hydrogen-bond donors (Lipinski definition) is 0. The summed E-state index contributed by atoms with van der Waals surface area (Å²) in [5, 5.41) is 0. The predicted molar refractivity (Wildman–Crippen MR) is 42.6 cm³/mol. The molecule has 0 aromatic heterocycles. The summed E-state index contributed by atoms with van der Waals surface area (Å²) in [6.45, 7) is 3.53. The number of carbonyl (C=O) groups excluding carboxylic acids is 1. The second-order valence-electron chi connectivity index (χ2n) is 4.13. The van der Waals surface area contributed by atoms with Crippen molar-refractivity contribution in [3.63, 3.8) is 0 Å². The van der Waals surface area contributed by atoms with Gasteiger partial charge in [-0.15, -0.1) is 0 Å². The maximum absolute atomic E-state index is 11.5. The molecule has 0 unspecified atom stereocenters. The van der Waals surface area contributed by atoms with Crippen LogP contribution in [0.15, 0.2) is 0 Å². The summed E-state index contributed by atoms with van der Waals surface area (Å²) in [5.74, 6) is -0.0479. The summed E-state index contributed by atoms with van der Waals surface area (Å²) >= 11 is 0. The van der Waals surface area contributed by atoms with Crippen molar-refractivity contribution in [2.45, 2.75) is 19.8 Å². The lowest BCUT2D eigenvalue weighted by Crippen LogP contribution is -2.50. The minimum absolute atomic E-state index is 0.0479. The summed E-state index contributed by atoms with van der Waals surface area (Å²) in [4.78, 5) is 11.5. The Morgan fingerprint density at radius 1 is 1.42 bits per heavy atom. The van der Waals surface area contributed by atoms with Crippen LogP contribution in [0.1, 0.15) is 19.8 Å². The van der Waals surface area contributed by atoms with Gasteiger partial charge < -0.3 is 9.47 Å². The average molecular weight is 170 g/mol. The zero-order chi connectivity index (χ0) is 8.82. The molecule has 0 aromatic carbocycles. The number of methoxy groups -OCH3 is 1. The fourth-order valence-corrected chi connectivity index (χ4v) is 2.06. The summed E-state index contributed by atoms with van der Waals surface area (Å²) < 4.78 is 9.96. The Morgan fingerprint density at radius 3 is 2.25 bits per heavy atom. The maximum atomic E-state index is 11.5. The summed E-state index contributed by atoms with van der Waals surface area (Å²) in [6.07, 6.45) is 1.94. The van der Waals surface area contributed by atoms with Crippen molar-refractivity contribution >= 4 is 5.97 Å². The summed E-state index contributed by atoms with van der Waals surface area (Å²) in [5.41, 5.74) is -0.139. The van der Waals surface area contributed by atoms with Crippen molar-refractivity contribution in [3.8, 4) is 0 Å².